The Balaban J connectivity index is 1.86. The summed E-state index contributed by atoms with van der Waals surface area (Å²) in [5.41, 5.74) is 2.27. The highest BCUT2D eigenvalue weighted by atomic mass is 32.1. The highest BCUT2D eigenvalue weighted by Crippen LogP contribution is 2.25. The quantitative estimate of drug-likeness (QED) is 0.867. The fraction of sp³-hybridized carbons (Fsp3) is 0.417. The van der Waals surface area contributed by atoms with Gasteiger partial charge in [0.25, 0.3) is 0 Å². The monoisotopic (exact) mass is 234 g/mol. The summed E-state index contributed by atoms with van der Waals surface area (Å²) in [5, 5.41) is 4.62. The van der Waals surface area contributed by atoms with Crippen LogP contribution >= 0.6 is 11.3 Å². The molecule has 1 saturated heterocycles. The molecule has 1 aliphatic heterocycles. The molecule has 0 amide bonds. The fourth-order valence-corrected chi connectivity index (χ4v) is 2.88. The molecule has 2 aromatic rings. The molecule has 2 heterocycles. The number of aromatic nitrogens is 1. The lowest BCUT2D eigenvalue weighted by atomic mass is 10.2. The van der Waals surface area contributed by atoms with Crippen LogP contribution in [0.15, 0.2) is 18.2 Å². The Bertz CT molecular complexity index is 503. The standard InChI is InChI=1S/C12H14N2OS/c1-8-13-11-3-2-9(6-12(11)16-8)14-10-4-5-15-7-10/h2-3,6,10,14H,4-5,7H2,1H3. The van der Waals surface area contributed by atoms with E-state index in [1.807, 2.05) is 6.92 Å². The zero-order valence-corrected chi connectivity index (χ0v) is 10.0. The van der Waals surface area contributed by atoms with Crippen molar-refractivity contribution in [1.29, 1.82) is 0 Å². The van der Waals surface area contributed by atoms with Crippen molar-refractivity contribution in [3.63, 3.8) is 0 Å². The summed E-state index contributed by atoms with van der Waals surface area (Å²) in [6.45, 7) is 3.74. The maximum atomic E-state index is 5.35. The van der Waals surface area contributed by atoms with Crippen LogP contribution in [0.2, 0.25) is 0 Å². The smallest absolute Gasteiger partial charge is 0.0907 e. The van der Waals surface area contributed by atoms with E-state index in [2.05, 4.69) is 28.5 Å². The molecule has 3 nitrogen and oxygen atoms in total. The van der Waals surface area contributed by atoms with Crippen LogP contribution in [0.1, 0.15) is 11.4 Å². The normalized spacial score (nSPS) is 20.4. The fourth-order valence-electron chi connectivity index (χ4n) is 2.01. The van der Waals surface area contributed by atoms with Gasteiger partial charge in [-0.05, 0) is 31.5 Å². The summed E-state index contributed by atoms with van der Waals surface area (Å²) in [4.78, 5) is 4.45. The van der Waals surface area contributed by atoms with Gasteiger partial charge in [-0.25, -0.2) is 4.98 Å². The summed E-state index contributed by atoms with van der Waals surface area (Å²) >= 11 is 1.74. The third-order valence-corrected chi connectivity index (χ3v) is 3.73. The van der Waals surface area contributed by atoms with Crippen LogP contribution in [0, 0.1) is 6.92 Å². The van der Waals surface area contributed by atoms with Crippen LogP contribution in [0.5, 0.6) is 0 Å². The number of thiazole rings is 1. The molecule has 0 bridgehead atoms. The molecule has 0 saturated carbocycles. The van der Waals surface area contributed by atoms with Crippen molar-refractivity contribution in [2.75, 3.05) is 18.5 Å². The van der Waals surface area contributed by atoms with Crippen molar-refractivity contribution in [2.24, 2.45) is 0 Å². The maximum absolute atomic E-state index is 5.35. The molecule has 84 valence electrons. The molecule has 0 spiro atoms. The van der Waals surface area contributed by atoms with Crippen LogP contribution in [0.4, 0.5) is 5.69 Å². The molecule has 16 heavy (non-hydrogen) atoms. The first-order valence-electron chi connectivity index (χ1n) is 5.53. The van der Waals surface area contributed by atoms with E-state index in [0.717, 1.165) is 30.2 Å². The Labute approximate surface area is 98.5 Å². The number of hydrogen-bond acceptors (Lipinski definition) is 4. The Morgan fingerprint density at radius 1 is 1.50 bits per heavy atom. The zero-order valence-electron chi connectivity index (χ0n) is 9.19. The average Bonchev–Trinajstić information content (AvgIpc) is 2.85. The van der Waals surface area contributed by atoms with E-state index in [1.54, 1.807) is 11.3 Å². The number of anilines is 1. The lowest BCUT2D eigenvalue weighted by molar-refractivity contribution is 0.195. The van der Waals surface area contributed by atoms with Gasteiger partial charge in [-0.3, -0.25) is 0 Å². The molecular formula is C12H14N2OS. The number of ether oxygens (including phenoxy) is 1. The Kier molecular flexibility index (Phi) is 2.53. The number of hydrogen-bond donors (Lipinski definition) is 1. The van der Waals surface area contributed by atoms with E-state index >= 15 is 0 Å². The van der Waals surface area contributed by atoms with E-state index in [4.69, 9.17) is 4.74 Å². The van der Waals surface area contributed by atoms with Gasteiger partial charge in [-0.2, -0.15) is 0 Å². The molecule has 1 atom stereocenters. The number of benzene rings is 1. The molecular weight excluding hydrogens is 220 g/mol. The third-order valence-electron chi connectivity index (χ3n) is 2.80. The summed E-state index contributed by atoms with van der Waals surface area (Å²) in [6, 6.07) is 6.82. The summed E-state index contributed by atoms with van der Waals surface area (Å²) in [7, 11) is 0. The largest absolute Gasteiger partial charge is 0.380 e. The molecule has 1 fully saturated rings. The third kappa shape index (κ3) is 1.90. The van der Waals surface area contributed by atoms with Gasteiger partial charge in [-0.15, -0.1) is 11.3 Å². The second kappa shape index (κ2) is 4.03. The van der Waals surface area contributed by atoms with Crippen molar-refractivity contribution < 1.29 is 4.74 Å². The van der Waals surface area contributed by atoms with E-state index < -0.39 is 0 Å². The first kappa shape index (κ1) is 10.1. The summed E-state index contributed by atoms with van der Waals surface area (Å²) in [5.74, 6) is 0. The molecule has 1 N–H and O–H groups in total. The predicted molar refractivity (Wildman–Crippen MR) is 67.2 cm³/mol. The first-order valence-corrected chi connectivity index (χ1v) is 6.34. The van der Waals surface area contributed by atoms with Crippen LogP contribution in [0.25, 0.3) is 10.2 Å². The number of fused-ring (bicyclic) bond motifs is 1. The molecule has 4 heteroatoms. The van der Waals surface area contributed by atoms with Crippen molar-refractivity contribution in [1.82, 2.24) is 4.98 Å². The van der Waals surface area contributed by atoms with Crippen LogP contribution in [0.3, 0.4) is 0 Å². The maximum Gasteiger partial charge on any atom is 0.0907 e. The Morgan fingerprint density at radius 2 is 2.44 bits per heavy atom. The minimum absolute atomic E-state index is 0.464. The van der Waals surface area contributed by atoms with Gasteiger partial charge < -0.3 is 10.1 Å². The highest BCUT2D eigenvalue weighted by Gasteiger charge is 2.15. The highest BCUT2D eigenvalue weighted by molar-refractivity contribution is 7.18. The number of rotatable bonds is 2. The van der Waals surface area contributed by atoms with Gasteiger partial charge in [0.15, 0.2) is 0 Å². The van der Waals surface area contributed by atoms with Gasteiger partial charge in [0.2, 0.25) is 0 Å². The minimum Gasteiger partial charge on any atom is -0.380 e. The summed E-state index contributed by atoms with van der Waals surface area (Å²) in [6.07, 6.45) is 1.10. The van der Waals surface area contributed by atoms with E-state index in [9.17, 15) is 0 Å². The molecule has 1 aromatic heterocycles. The average molecular weight is 234 g/mol. The molecule has 1 unspecified atom stereocenters. The van der Waals surface area contributed by atoms with Gasteiger partial charge in [0.1, 0.15) is 0 Å². The minimum atomic E-state index is 0.464. The van der Waals surface area contributed by atoms with Gasteiger partial charge in [-0.1, -0.05) is 0 Å². The lowest BCUT2D eigenvalue weighted by Crippen LogP contribution is -2.18. The Morgan fingerprint density at radius 3 is 3.25 bits per heavy atom. The van der Waals surface area contributed by atoms with Crippen LogP contribution in [-0.2, 0) is 4.74 Å². The van der Waals surface area contributed by atoms with Crippen LogP contribution < -0.4 is 5.32 Å². The van der Waals surface area contributed by atoms with Crippen molar-refractivity contribution in [2.45, 2.75) is 19.4 Å². The van der Waals surface area contributed by atoms with Gasteiger partial charge in [0.05, 0.1) is 27.9 Å². The molecule has 1 aliphatic rings. The molecule has 3 rings (SSSR count). The van der Waals surface area contributed by atoms with Crippen molar-refractivity contribution in [3.05, 3.63) is 23.2 Å². The second-order valence-electron chi connectivity index (χ2n) is 4.12. The topological polar surface area (TPSA) is 34.2 Å². The zero-order chi connectivity index (χ0) is 11.0. The predicted octanol–water partition coefficient (Wildman–Crippen LogP) is 2.81. The Hall–Kier alpha value is -1.13. The SMILES string of the molecule is Cc1nc2ccc(NC3CCOC3)cc2s1. The first-order chi connectivity index (χ1) is 7.81. The van der Waals surface area contributed by atoms with E-state index in [-0.39, 0.29) is 0 Å². The summed E-state index contributed by atoms with van der Waals surface area (Å²) < 4.78 is 6.60. The lowest BCUT2D eigenvalue weighted by Gasteiger charge is -2.11. The molecule has 0 aliphatic carbocycles. The van der Waals surface area contributed by atoms with E-state index in [0.29, 0.717) is 6.04 Å². The number of nitrogens with zero attached hydrogens (tertiary/aromatic N) is 1. The van der Waals surface area contributed by atoms with Gasteiger partial charge in [0, 0.05) is 12.3 Å². The number of aryl methyl sites for hydroxylation is 1. The van der Waals surface area contributed by atoms with Gasteiger partial charge >= 0.3 is 0 Å². The number of nitrogens with one attached hydrogen (secondary N) is 1. The van der Waals surface area contributed by atoms with E-state index in [1.165, 1.54) is 10.4 Å². The second-order valence-corrected chi connectivity index (χ2v) is 5.36. The van der Waals surface area contributed by atoms with Crippen molar-refractivity contribution in [3.8, 4) is 0 Å². The van der Waals surface area contributed by atoms with Crippen LogP contribution in [-0.4, -0.2) is 24.2 Å². The molecule has 1 aromatic carbocycles. The van der Waals surface area contributed by atoms with Crippen molar-refractivity contribution >= 4 is 27.2 Å². The molecule has 0 radical (unpaired) electrons.